The molecule has 1 heterocycles. The number of nitrogens with one attached hydrogen (secondary N) is 1. The molecule has 92 valence electrons. The highest BCUT2D eigenvalue weighted by atomic mass is 15.0. The first-order valence-electron chi connectivity index (χ1n) is 6.44. The van der Waals surface area contributed by atoms with E-state index in [1.165, 1.54) is 17.5 Å². The smallest absolute Gasteiger partial charge is 0.129 e. The summed E-state index contributed by atoms with van der Waals surface area (Å²) in [5.74, 6) is 1.75. The average Bonchev–Trinajstić information content (AvgIpc) is 2.39. The van der Waals surface area contributed by atoms with Crippen LogP contribution in [0.25, 0.3) is 0 Å². The highest BCUT2D eigenvalue weighted by Crippen LogP contribution is 2.22. The molecule has 1 aromatic heterocycles. The lowest BCUT2D eigenvalue weighted by molar-refractivity contribution is 0.608. The van der Waals surface area contributed by atoms with Gasteiger partial charge in [-0.2, -0.15) is 0 Å². The van der Waals surface area contributed by atoms with E-state index in [0.717, 1.165) is 24.5 Å². The van der Waals surface area contributed by atoms with E-state index < -0.39 is 0 Å². The van der Waals surface area contributed by atoms with Crippen LogP contribution in [-0.2, 0) is 12.8 Å². The number of aryl methyl sites for hydroxylation is 2. The van der Waals surface area contributed by atoms with E-state index in [4.69, 9.17) is 0 Å². The Morgan fingerprint density at radius 1 is 1.17 bits per heavy atom. The summed E-state index contributed by atoms with van der Waals surface area (Å²) in [6.07, 6.45) is 5.21. The second kappa shape index (κ2) is 4.77. The minimum absolute atomic E-state index is 0.481. The van der Waals surface area contributed by atoms with Crippen molar-refractivity contribution in [3.05, 3.63) is 53.5 Å². The molecule has 3 heteroatoms. The van der Waals surface area contributed by atoms with Crippen LogP contribution < -0.4 is 5.32 Å². The third kappa shape index (κ3) is 2.35. The number of benzene rings is 1. The zero-order chi connectivity index (χ0) is 12.4. The number of hydrogen-bond donors (Lipinski definition) is 1. The van der Waals surface area contributed by atoms with Crippen LogP contribution in [-0.4, -0.2) is 16.0 Å². The maximum Gasteiger partial charge on any atom is 0.129 e. The van der Waals surface area contributed by atoms with Gasteiger partial charge in [0.15, 0.2) is 0 Å². The molecule has 0 radical (unpaired) electrons. The summed E-state index contributed by atoms with van der Waals surface area (Å²) in [6.45, 7) is 1.92. The predicted octanol–water partition coefficient (Wildman–Crippen LogP) is 2.75. The van der Waals surface area contributed by atoms with Gasteiger partial charge in [-0.15, -0.1) is 0 Å². The fourth-order valence-electron chi connectivity index (χ4n) is 2.57. The molecule has 0 bridgehead atoms. The fraction of sp³-hybridized carbons (Fsp3) is 0.333. The zero-order valence-electron chi connectivity index (χ0n) is 10.6. The Hall–Kier alpha value is -1.90. The van der Waals surface area contributed by atoms with Crippen molar-refractivity contribution in [1.29, 1.82) is 0 Å². The van der Waals surface area contributed by atoms with Gasteiger partial charge in [0.1, 0.15) is 11.6 Å². The summed E-state index contributed by atoms with van der Waals surface area (Å²) in [5.41, 5.74) is 2.96. The molecule has 0 spiro atoms. The minimum atomic E-state index is 0.481. The van der Waals surface area contributed by atoms with E-state index >= 15 is 0 Å². The van der Waals surface area contributed by atoms with Gasteiger partial charge in [-0.1, -0.05) is 24.3 Å². The first kappa shape index (κ1) is 11.2. The maximum atomic E-state index is 4.40. The Balaban J connectivity index is 1.73. The summed E-state index contributed by atoms with van der Waals surface area (Å²) in [6, 6.07) is 11.1. The molecule has 18 heavy (non-hydrogen) atoms. The summed E-state index contributed by atoms with van der Waals surface area (Å²) in [5, 5.41) is 3.51. The standard InChI is InChI=1S/C15H17N3/c1-11-16-9-8-15(17-11)18-14-7-6-12-4-2-3-5-13(12)10-14/h2-5,8-9,14H,6-7,10H2,1H3,(H,16,17,18). The second-order valence-corrected chi connectivity index (χ2v) is 4.84. The van der Waals surface area contributed by atoms with Gasteiger partial charge in [0.2, 0.25) is 0 Å². The Morgan fingerprint density at radius 2 is 2.00 bits per heavy atom. The van der Waals surface area contributed by atoms with Crippen LogP contribution in [0.5, 0.6) is 0 Å². The Morgan fingerprint density at radius 3 is 2.83 bits per heavy atom. The number of fused-ring (bicyclic) bond motifs is 1. The zero-order valence-corrected chi connectivity index (χ0v) is 10.6. The van der Waals surface area contributed by atoms with Gasteiger partial charge < -0.3 is 5.32 Å². The van der Waals surface area contributed by atoms with Gasteiger partial charge in [0.25, 0.3) is 0 Å². The molecular weight excluding hydrogens is 222 g/mol. The van der Waals surface area contributed by atoms with Crippen LogP contribution in [0.3, 0.4) is 0 Å². The molecular formula is C15H17N3. The molecule has 1 unspecified atom stereocenters. The van der Waals surface area contributed by atoms with Gasteiger partial charge in [0, 0.05) is 12.2 Å². The van der Waals surface area contributed by atoms with E-state index in [0.29, 0.717) is 6.04 Å². The lowest BCUT2D eigenvalue weighted by Gasteiger charge is -2.25. The number of anilines is 1. The first-order valence-corrected chi connectivity index (χ1v) is 6.44. The molecule has 2 aromatic rings. The van der Waals surface area contributed by atoms with Crippen molar-refractivity contribution in [2.75, 3.05) is 5.32 Å². The fourth-order valence-corrected chi connectivity index (χ4v) is 2.57. The van der Waals surface area contributed by atoms with Crippen LogP contribution >= 0.6 is 0 Å². The van der Waals surface area contributed by atoms with Crippen LogP contribution in [0.1, 0.15) is 23.4 Å². The average molecular weight is 239 g/mol. The third-order valence-electron chi connectivity index (χ3n) is 3.47. The molecule has 3 rings (SSSR count). The highest BCUT2D eigenvalue weighted by molar-refractivity contribution is 5.38. The van der Waals surface area contributed by atoms with Gasteiger partial charge in [0.05, 0.1) is 0 Å². The van der Waals surface area contributed by atoms with Crippen molar-refractivity contribution >= 4 is 5.82 Å². The Kier molecular flexibility index (Phi) is 2.97. The molecule has 0 saturated heterocycles. The molecule has 1 atom stereocenters. The normalized spacial score (nSPS) is 18.2. The van der Waals surface area contributed by atoms with E-state index in [1.807, 2.05) is 13.0 Å². The molecule has 0 saturated carbocycles. The Bertz CT molecular complexity index is 551. The Labute approximate surface area is 107 Å². The van der Waals surface area contributed by atoms with Crippen molar-refractivity contribution < 1.29 is 0 Å². The number of hydrogen-bond acceptors (Lipinski definition) is 3. The number of aromatic nitrogens is 2. The number of nitrogens with zero attached hydrogens (tertiary/aromatic N) is 2. The lowest BCUT2D eigenvalue weighted by atomic mass is 9.88. The van der Waals surface area contributed by atoms with Crippen molar-refractivity contribution in [1.82, 2.24) is 9.97 Å². The van der Waals surface area contributed by atoms with E-state index in [-0.39, 0.29) is 0 Å². The third-order valence-corrected chi connectivity index (χ3v) is 3.47. The largest absolute Gasteiger partial charge is 0.367 e. The van der Waals surface area contributed by atoms with Crippen molar-refractivity contribution in [3.8, 4) is 0 Å². The summed E-state index contributed by atoms with van der Waals surface area (Å²) >= 11 is 0. The van der Waals surface area contributed by atoms with Crippen LogP contribution in [0.15, 0.2) is 36.5 Å². The predicted molar refractivity (Wildman–Crippen MR) is 72.6 cm³/mol. The van der Waals surface area contributed by atoms with Crippen LogP contribution in [0, 0.1) is 6.92 Å². The summed E-state index contributed by atoms with van der Waals surface area (Å²) < 4.78 is 0. The van der Waals surface area contributed by atoms with E-state index in [2.05, 4.69) is 39.6 Å². The number of rotatable bonds is 2. The summed E-state index contributed by atoms with van der Waals surface area (Å²) in [7, 11) is 0. The van der Waals surface area contributed by atoms with Crippen LogP contribution in [0.4, 0.5) is 5.82 Å². The molecule has 3 nitrogen and oxygen atoms in total. The molecule has 1 aromatic carbocycles. The lowest BCUT2D eigenvalue weighted by Crippen LogP contribution is -2.27. The van der Waals surface area contributed by atoms with E-state index in [9.17, 15) is 0 Å². The van der Waals surface area contributed by atoms with Gasteiger partial charge in [-0.05, 0) is 43.4 Å². The maximum absolute atomic E-state index is 4.40. The van der Waals surface area contributed by atoms with Crippen LogP contribution in [0.2, 0.25) is 0 Å². The van der Waals surface area contributed by atoms with Gasteiger partial charge in [-0.3, -0.25) is 0 Å². The van der Waals surface area contributed by atoms with E-state index in [1.54, 1.807) is 6.20 Å². The molecule has 0 aliphatic heterocycles. The van der Waals surface area contributed by atoms with Crippen molar-refractivity contribution in [3.63, 3.8) is 0 Å². The monoisotopic (exact) mass is 239 g/mol. The molecule has 1 aliphatic carbocycles. The second-order valence-electron chi connectivity index (χ2n) is 4.84. The van der Waals surface area contributed by atoms with Gasteiger partial charge >= 0.3 is 0 Å². The van der Waals surface area contributed by atoms with Crippen molar-refractivity contribution in [2.24, 2.45) is 0 Å². The highest BCUT2D eigenvalue weighted by Gasteiger charge is 2.18. The molecule has 0 amide bonds. The first-order chi connectivity index (χ1) is 8.81. The summed E-state index contributed by atoms with van der Waals surface area (Å²) in [4.78, 5) is 8.52. The van der Waals surface area contributed by atoms with Gasteiger partial charge in [-0.25, -0.2) is 9.97 Å². The molecule has 1 N–H and O–H groups in total. The van der Waals surface area contributed by atoms with Crippen molar-refractivity contribution in [2.45, 2.75) is 32.2 Å². The molecule has 1 aliphatic rings. The quantitative estimate of drug-likeness (QED) is 0.875. The topological polar surface area (TPSA) is 37.8 Å². The molecule has 0 fully saturated rings. The SMILES string of the molecule is Cc1nccc(NC2CCc3ccccc3C2)n1. The minimum Gasteiger partial charge on any atom is -0.367 e.